The third-order valence-corrected chi connectivity index (χ3v) is 7.83. The molecule has 14 heteroatoms. The molecular formula is C20H8N4O8S2. The van der Waals surface area contributed by atoms with Crippen LogP contribution in [0.4, 0.5) is 22.7 Å². The van der Waals surface area contributed by atoms with E-state index in [0.717, 1.165) is 34.1 Å². The molecule has 2 aliphatic rings. The van der Waals surface area contributed by atoms with Gasteiger partial charge >= 0.3 is 0 Å². The fourth-order valence-electron chi connectivity index (χ4n) is 3.95. The van der Waals surface area contributed by atoms with E-state index < -0.39 is 42.4 Å². The maximum Gasteiger partial charge on any atom is 0.284 e. The number of rotatable bonds is 4. The van der Waals surface area contributed by atoms with Crippen molar-refractivity contribution in [3.63, 3.8) is 0 Å². The van der Waals surface area contributed by atoms with Gasteiger partial charge in [0.25, 0.3) is 22.7 Å². The van der Waals surface area contributed by atoms with Gasteiger partial charge in [-0.05, 0) is 12.1 Å². The van der Waals surface area contributed by atoms with Crippen molar-refractivity contribution in [2.75, 3.05) is 0 Å². The average Bonchev–Trinajstić information content (AvgIpc) is 3.35. The van der Waals surface area contributed by atoms with Crippen molar-refractivity contribution >= 4 is 51.8 Å². The van der Waals surface area contributed by atoms with Crippen molar-refractivity contribution in [1.29, 1.82) is 0 Å². The number of nitrogens with zero attached hydrogens (tertiary/aromatic N) is 4. The second-order valence-electron chi connectivity index (χ2n) is 7.12. The van der Waals surface area contributed by atoms with Crippen LogP contribution in [0.3, 0.4) is 0 Å². The van der Waals surface area contributed by atoms with E-state index in [1.807, 2.05) is 24.3 Å². The molecule has 0 bridgehead atoms. The normalized spacial score (nSPS) is 13.3. The van der Waals surface area contributed by atoms with E-state index in [4.69, 9.17) is 0 Å². The highest BCUT2D eigenvalue weighted by molar-refractivity contribution is 8.25. The zero-order valence-corrected chi connectivity index (χ0v) is 18.1. The third kappa shape index (κ3) is 3.19. The van der Waals surface area contributed by atoms with Crippen LogP contribution in [0.15, 0.2) is 62.6 Å². The second kappa shape index (κ2) is 7.64. The Morgan fingerprint density at radius 3 is 1.35 bits per heavy atom. The van der Waals surface area contributed by atoms with Gasteiger partial charge in [-0.2, -0.15) is 0 Å². The molecule has 0 N–H and O–H groups in total. The molecule has 5 rings (SSSR count). The van der Waals surface area contributed by atoms with Crippen molar-refractivity contribution in [3.05, 3.63) is 104 Å². The Bertz CT molecular complexity index is 1420. The molecule has 12 nitrogen and oxygen atoms in total. The summed E-state index contributed by atoms with van der Waals surface area (Å²) in [6, 6.07) is 11.0. The first-order valence-electron chi connectivity index (χ1n) is 9.31. The van der Waals surface area contributed by atoms with Crippen LogP contribution >= 0.6 is 23.5 Å². The Morgan fingerprint density at radius 1 is 0.588 bits per heavy atom. The summed E-state index contributed by atoms with van der Waals surface area (Å²) in [4.78, 5) is 45.3. The van der Waals surface area contributed by atoms with Crippen molar-refractivity contribution in [3.8, 4) is 11.1 Å². The number of hydrogen-bond donors (Lipinski definition) is 0. The van der Waals surface area contributed by atoms with Crippen LogP contribution in [0, 0.1) is 40.5 Å². The van der Waals surface area contributed by atoms with Gasteiger partial charge < -0.3 is 0 Å². The van der Waals surface area contributed by atoms with E-state index >= 15 is 0 Å². The molecule has 0 saturated heterocycles. The minimum Gasteiger partial charge on any atom is -0.258 e. The second-order valence-corrected chi connectivity index (χ2v) is 9.48. The van der Waals surface area contributed by atoms with Crippen LogP contribution in [0.2, 0.25) is 0 Å². The molecule has 3 aromatic rings. The summed E-state index contributed by atoms with van der Waals surface area (Å²) in [5, 5.41) is 46.8. The predicted molar refractivity (Wildman–Crippen MR) is 123 cm³/mol. The van der Waals surface area contributed by atoms with E-state index in [0.29, 0.717) is 4.24 Å². The summed E-state index contributed by atoms with van der Waals surface area (Å²) in [7, 11) is 0. The first kappa shape index (κ1) is 21.5. The smallest absolute Gasteiger partial charge is 0.258 e. The fourth-order valence-corrected chi connectivity index (χ4v) is 6.58. The van der Waals surface area contributed by atoms with Crippen LogP contribution in [0.5, 0.6) is 0 Å². The zero-order valence-electron chi connectivity index (χ0n) is 16.5. The molecule has 0 amide bonds. The quantitative estimate of drug-likeness (QED) is 0.244. The molecule has 0 fully saturated rings. The Labute approximate surface area is 196 Å². The lowest BCUT2D eigenvalue weighted by molar-refractivity contribution is -0.395. The lowest BCUT2D eigenvalue weighted by atomic mass is 10.0. The average molecular weight is 496 g/mol. The van der Waals surface area contributed by atoms with Gasteiger partial charge in [-0.25, -0.2) is 0 Å². The van der Waals surface area contributed by atoms with E-state index in [1.165, 1.54) is 23.5 Å². The van der Waals surface area contributed by atoms with E-state index in [9.17, 15) is 40.5 Å². The van der Waals surface area contributed by atoms with Crippen LogP contribution < -0.4 is 0 Å². The number of non-ortho nitro benzene ring substituents is 2. The molecule has 0 spiro atoms. The summed E-state index contributed by atoms with van der Waals surface area (Å²) in [5.74, 6) is 0. The van der Waals surface area contributed by atoms with Crippen LogP contribution in [-0.2, 0) is 0 Å². The number of nitro groups is 4. The maximum atomic E-state index is 11.9. The summed E-state index contributed by atoms with van der Waals surface area (Å²) in [6.45, 7) is 0. The molecule has 0 saturated carbocycles. The van der Waals surface area contributed by atoms with Crippen LogP contribution in [0.1, 0.15) is 11.1 Å². The number of nitro benzene ring substituents is 4. The van der Waals surface area contributed by atoms with Gasteiger partial charge in [-0.3, -0.25) is 40.5 Å². The van der Waals surface area contributed by atoms with Gasteiger partial charge in [-0.15, -0.1) is 0 Å². The summed E-state index contributed by atoms with van der Waals surface area (Å²) >= 11 is 2.56. The standard InChI is InChI=1S/C20H8N4O8S2/c25-21(26)9-5-11-17(20-33-15-3-1-2-4-16(15)34-20)12-6-10(22(27)28)8-14(24(31)32)19(12)18(11)13(7-9)23(29)30/h1-8H. The van der Waals surface area contributed by atoms with Crippen molar-refractivity contribution in [2.24, 2.45) is 0 Å². The molecular weight excluding hydrogens is 488 g/mol. The van der Waals surface area contributed by atoms with Crippen LogP contribution in [-0.4, -0.2) is 19.7 Å². The van der Waals surface area contributed by atoms with E-state index in [-0.39, 0.29) is 27.8 Å². The molecule has 3 aromatic carbocycles. The van der Waals surface area contributed by atoms with Gasteiger partial charge in [0.15, 0.2) is 0 Å². The summed E-state index contributed by atoms with van der Waals surface area (Å²) < 4.78 is 0.547. The summed E-state index contributed by atoms with van der Waals surface area (Å²) in [6.07, 6.45) is 0. The molecule has 0 atom stereocenters. The van der Waals surface area contributed by atoms with Gasteiger partial charge in [0.05, 0.1) is 47.2 Å². The van der Waals surface area contributed by atoms with E-state index in [1.54, 1.807) is 0 Å². The molecule has 168 valence electrons. The Hall–Kier alpha value is -4.30. The topological polar surface area (TPSA) is 173 Å². The maximum absolute atomic E-state index is 11.9. The van der Waals surface area contributed by atoms with Crippen molar-refractivity contribution in [1.82, 2.24) is 0 Å². The fraction of sp³-hybridized carbons (Fsp3) is 0. The first-order valence-corrected chi connectivity index (χ1v) is 10.9. The molecule has 34 heavy (non-hydrogen) atoms. The number of fused-ring (bicyclic) bond motifs is 4. The zero-order chi connectivity index (χ0) is 24.3. The van der Waals surface area contributed by atoms with Crippen molar-refractivity contribution in [2.45, 2.75) is 9.79 Å². The lowest BCUT2D eigenvalue weighted by Crippen LogP contribution is -1.99. The van der Waals surface area contributed by atoms with Gasteiger partial charge in [0.2, 0.25) is 0 Å². The molecule has 0 radical (unpaired) electrons. The first-order chi connectivity index (χ1) is 16.2. The van der Waals surface area contributed by atoms with Gasteiger partial charge in [0, 0.05) is 38.6 Å². The molecule has 1 aliphatic carbocycles. The molecule has 0 aromatic heterocycles. The van der Waals surface area contributed by atoms with Gasteiger partial charge in [-0.1, -0.05) is 35.7 Å². The van der Waals surface area contributed by atoms with E-state index in [2.05, 4.69) is 0 Å². The van der Waals surface area contributed by atoms with Crippen molar-refractivity contribution < 1.29 is 19.7 Å². The van der Waals surface area contributed by atoms with Crippen LogP contribution in [0.25, 0.3) is 16.7 Å². The summed E-state index contributed by atoms with van der Waals surface area (Å²) in [5.41, 5.74) is -2.54. The van der Waals surface area contributed by atoms with Gasteiger partial charge in [0.1, 0.15) is 0 Å². The third-order valence-electron chi connectivity index (χ3n) is 5.27. The Kier molecular flexibility index (Phi) is 4.84. The SMILES string of the molecule is O=[N+]([O-])c1cc2c(c([N+](=O)[O-])c1)-c1c(cc([N+](=O)[O-])cc1[N+](=O)[O-])C2=C1Sc2ccccc2S1. The largest absolute Gasteiger partial charge is 0.284 e. The lowest BCUT2D eigenvalue weighted by Gasteiger charge is -2.07. The minimum absolute atomic E-state index is 0.0438. The minimum atomic E-state index is -0.849. The Balaban J connectivity index is 1.94. The molecule has 1 heterocycles. The highest BCUT2D eigenvalue weighted by Gasteiger charge is 2.42. The number of hydrogen-bond acceptors (Lipinski definition) is 10. The number of benzene rings is 3. The highest BCUT2D eigenvalue weighted by atomic mass is 32.2. The monoisotopic (exact) mass is 496 g/mol. The Morgan fingerprint density at radius 2 is 1.00 bits per heavy atom. The molecule has 0 unspecified atom stereocenters. The highest BCUT2D eigenvalue weighted by Crippen LogP contribution is 2.61. The number of thioether (sulfide) groups is 2. The predicted octanol–water partition coefficient (Wildman–Crippen LogP) is 5.91. The molecule has 1 aliphatic heterocycles.